The van der Waals surface area contributed by atoms with Gasteiger partial charge in [-0.3, -0.25) is 25.1 Å². The summed E-state index contributed by atoms with van der Waals surface area (Å²) in [5.41, 5.74) is 0.924. The van der Waals surface area contributed by atoms with Crippen molar-refractivity contribution in [3.63, 3.8) is 0 Å². The van der Waals surface area contributed by atoms with Gasteiger partial charge in [-0.15, -0.1) is 0 Å². The second-order valence-electron chi connectivity index (χ2n) is 5.96. The van der Waals surface area contributed by atoms with E-state index in [9.17, 15) is 20.2 Å². The Balaban J connectivity index is 1.73. The van der Waals surface area contributed by atoms with Crippen LogP contribution in [0.15, 0.2) is 87.9 Å². The molecule has 0 aliphatic carbocycles. The minimum atomic E-state index is -0.482. The Kier molecular flexibility index (Phi) is 4.49. The normalized spacial score (nSPS) is 17.5. The summed E-state index contributed by atoms with van der Waals surface area (Å²) in [4.78, 5) is 35.9. The first-order valence-electron chi connectivity index (χ1n) is 8.41. The highest BCUT2D eigenvalue weighted by atomic mass is 16.6. The molecule has 2 aliphatic heterocycles. The van der Waals surface area contributed by atoms with E-state index in [0.29, 0.717) is 28.9 Å². The first-order chi connectivity index (χ1) is 14.0. The van der Waals surface area contributed by atoms with E-state index < -0.39 is 9.85 Å². The molecule has 2 heterocycles. The number of nitro groups is 2. The predicted octanol–water partition coefficient (Wildman–Crippen LogP) is 4.06. The van der Waals surface area contributed by atoms with E-state index in [-0.39, 0.29) is 11.4 Å². The summed E-state index contributed by atoms with van der Waals surface area (Å²) in [6.07, 6.45) is 7.22. The van der Waals surface area contributed by atoms with E-state index in [1.54, 1.807) is 17.2 Å². The number of hydrogen-bond donors (Lipinski definition) is 0. The average Bonchev–Trinajstić information content (AvgIpc) is 3.06. The van der Waals surface area contributed by atoms with E-state index in [0.717, 1.165) is 0 Å². The molecule has 0 saturated heterocycles. The van der Waals surface area contributed by atoms with Crippen LogP contribution in [0.5, 0.6) is 0 Å². The maximum Gasteiger partial charge on any atom is 0.269 e. The Morgan fingerprint density at radius 1 is 0.793 bits per heavy atom. The average molecular weight is 388 g/mol. The van der Waals surface area contributed by atoms with Gasteiger partial charge in [0.25, 0.3) is 11.4 Å². The van der Waals surface area contributed by atoms with E-state index in [1.165, 1.54) is 48.5 Å². The van der Waals surface area contributed by atoms with Gasteiger partial charge in [0, 0.05) is 30.5 Å². The zero-order chi connectivity index (χ0) is 20.4. The first kappa shape index (κ1) is 17.9. The molecule has 0 aromatic heterocycles. The summed E-state index contributed by atoms with van der Waals surface area (Å²) in [5, 5.41) is 21.6. The number of hydrogen-bond acceptors (Lipinski definition) is 6. The fourth-order valence-electron chi connectivity index (χ4n) is 2.69. The van der Waals surface area contributed by atoms with Crippen molar-refractivity contribution in [3.05, 3.63) is 93.2 Å². The van der Waals surface area contributed by atoms with Crippen molar-refractivity contribution in [3.8, 4) is 0 Å². The van der Waals surface area contributed by atoms with E-state index in [4.69, 9.17) is 0 Å². The summed E-state index contributed by atoms with van der Waals surface area (Å²) < 4.78 is 0. The Morgan fingerprint density at radius 3 is 1.90 bits per heavy atom. The minimum absolute atomic E-state index is 0.0297. The molecule has 0 spiro atoms. The zero-order valence-corrected chi connectivity index (χ0v) is 14.7. The van der Waals surface area contributed by atoms with Crippen LogP contribution in [-0.2, 0) is 0 Å². The van der Waals surface area contributed by atoms with Gasteiger partial charge in [-0.25, -0.2) is 15.0 Å². The van der Waals surface area contributed by atoms with Crippen molar-refractivity contribution in [2.75, 3.05) is 0 Å². The molecule has 0 bridgehead atoms. The van der Waals surface area contributed by atoms with Gasteiger partial charge >= 0.3 is 0 Å². The second-order valence-corrected chi connectivity index (χ2v) is 5.96. The molecule has 0 unspecified atom stereocenters. The number of benzene rings is 2. The van der Waals surface area contributed by atoms with Crippen LogP contribution in [-0.4, -0.2) is 32.3 Å². The number of allylic oxidation sites excluding steroid dienone is 2. The molecule has 29 heavy (non-hydrogen) atoms. The molecule has 10 nitrogen and oxygen atoms in total. The lowest BCUT2D eigenvalue weighted by molar-refractivity contribution is -0.385. The molecule has 0 amide bonds. The standard InChI is InChI=1S/C19H12N6O4/c26-24(27)15-8-4-13(5-9-15)20-18-19(23-12-2-1-3-17(23)22-18)21-14-6-10-16(11-7-14)25(28)29/h1-12H. The topological polar surface area (TPSA) is 127 Å². The van der Waals surface area contributed by atoms with Gasteiger partial charge in [0.1, 0.15) is 5.84 Å². The Morgan fingerprint density at radius 2 is 1.34 bits per heavy atom. The lowest BCUT2D eigenvalue weighted by Crippen LogP contribution is -2.29. The van der Waals surface area contributed by atoms with Crippen molar-refractivity contribution < 1.29 is 9.85 Å². The molecule has 10 heteroatoms. The van der Waals surface area contributed by atoms with Gasteiger partial charge in [0.05, 0.1) is 21.2 Å². The molecule has 2 aliphatic rings. The van der Waals surface area contributed by atoms with E-state index in [2.05, 4.69) is 15.0 Å². The van der Waals surface area contributed by atoms with Crippen molar-refractivity contribution in [1.29, 1.82) is 0 Å². The lowest BCUT2D eigenvalue weighted by atomic mass is 10.3. The summed E-state index contributed by atoms with van der Waals surface area (Å²) in [6, 6.07) is 11.6. The molecular formula is C19H12N6O4. The number of nitrogens with zero attached hydrogens (tertiary/aromatic N) is 6. The Labute approximate surface area is 163 Å². The van der Waals surface area contributed by atoms with Crippen LogP contribution >= 0.6 is 0 Å². The summed E-state index contributed by atoms with van der Waals surface area (Å²) >= 11 is 0. The van der Waals surface area contributed by atoms with Crippen LogP contribution in [0.3, 0.4) is 0 Å². The van der Waals surface area contributed by atoms with Gasteiger partial charge in [-0.2, -0.15) is 0 Å². The lowest BCUT2D eigenvalue weighted by Gasteiger charge is -2.15. The summed E-state index contributed by atoms with van der Waals surface area (Å²) in [5.74, 6) is 1.38. The van der Waals surface area contributed by atoms with Crippen LogP contribution in [0.1, 0.15) is 0 Å². The van der Waals surface area contributed by atoms with Gasteiger partial charge in [0.15, 0.2) is 11.7 Å². The highest BCUT2D eigenvalue weighted by Crippen LogP contribution is 2.24. The number of amidine groups is 3. The third-order valence-electron chi connectivity index (χ3n) is 4.08. The Bertz CT molecular complexity index is 1140. The maximum atomic E-state index is 10.8. The van der Waals surface area contributed by atoms with Crippen LogP contribution in [0.4, 0.5) is 22.7 Å². The van der Waals surface area contributed by atoms with Crippen LogP contribution in [0.25, 0.3) is 0 Å². The van der Waals surface area contributed by atoms with E-state index >= 15 is 0 Å². The SMILES string of the molecule is O=[N+]([O-])c1ccc(N=C2N=C3C=CC=CN3C2=Nc2ccc([N+](=O)[O-])cc2)cc1. The minimum Gasteiger partial charge on any atom is -0.283 e. The smallest absolute Gasteiger partial charge is 0.269 e. The molecule has 0 saturated carbocycles. The summed E-state index contributed by atoms with van der Waals surface area (Å²) in [7, 11) is 0. The number of nitro benzene ring substituents is 2. The second kappa shape index (κ2) is 7.27. The molecule has 2 aromatic rings. The first-order valence-corrected chi connectivity index (χ1v) is 8.41. The van der Waals surface area contributed by atoms with Gasteiger partial charge in [-0.1, -0.05) is 6.08 Å². The monoisotopic (exact) mass is 388 g/mol. The molecule has 0 radical (unpaired) electrons. The number of fused-ring (bicyclic) bond motifs is 1. The largest absolute Gasteiger partial charge is 0.283 e. The fraction of sp³-hybridized carbons (Fsp3) is 0. The highest BCUT2D eigenvalue weighted by Gasteiger charge is 2.28. The van der Waals surface area contributed by atoms with Gasteiger partial charge < -0.3 is 0 Å². The van der Waals surface area contributed by atoms with E-state index in [1.807, 2.05) is 12.2 Å². The molecule has 0 atom stereocenters. The Hall–Kier alpha value is -4.47. The summed E-state index contributed by atoms with van der Waals surface area (Å²) in [6.45, 7) is 0. The number of rotatable bonds is 4. The third kappa shape index (κ3) is 3.67. The van der Waals surface area contributed by atoms with Crippen molar-refractivity contribution in [1.82, 2.24) is 4.90 Å². The molecule has 4 rings (SSSR count). The molecule has 0 N–H and O–H groups in total. The van der Waals surface area contributed by atoms with Crippen molar-refractivity contribution in [2.24, 2.45) is 15.0 Å². The molecule has 0 fully saturated rings. The predicted molar refractivity (Wildman–Crippen MR) is 108 cm³/mol. The number of aliphatic imine (C=N–C) groups is 3. The highest BCUT2D eigenvalue weighted by molar-refractivity contribution is 6.50. The quantitative estimate of drug-likeness (QED) is 0.576. The van der Waals surface area contributed by atoms with Gasteiger partial charge in [-0.05, 0) is 36.4 Å². The molecular weight excluding hydrogens is 376 g/mol. The van der Waals surface area contributed by atoms with Crippen LogP contribution < -0.4 is 0 Å². The van der Waals surface area contributed by atoms with Crippen LogP contribution in [0.2, 0.25) is 0 Å². The molecule has 142 valence electrons. The van der Waals surface area contributed by atoms with Gasteiger partial charge in [0.2, 0.25) is 0 Å². The maximum absolute atomic E-state index is 10.8. The van der Waals surface area contributed by atoms with Crippen molar-refractivity contribution in [2.45, 2.75) is 0 Å². The zero-order valence-electron chi connectivity index (χ0n) is 14.7. The fourth-order valence-corrected chi connectivity index (χ4v) is 2.69. The van der Waals surface area contributed by atoms with Crippen LogP contribution in [0, 0.1) is 20.2 Å². The molecule has 2 aromatic carbocycles. The number of non-ortho nitro benzene ring substituents is 2. The van der Waals surface area contributed by atoms with Crippen molar-refractivity contribution >= 4 is 40.3 Å². The third-order valence-corrected chi connectivity index (χ3v) is 4.08.